The molecule has 10 nitrogen and oxygen atoms in total. The van der Waals surface area contributed by atoms with Crippen LogP contribution in [0.4, 0.5) is 11.6 Å². The Morgan fingerprint density at radius 1 is 1.31 bits per heavy atom. The van der Waals surface area contributed by atoms with E-state index in [1.807, 2.05) is 45.0 Å². The molecule has 1 aromatic carbocycles. The third-order valence-electron chi connectivity index (χ3n) is 5.79. The van der Waals surface area contributed by atoms with Crippen LogP contribution >= 0.6 is 19.3 Å². The molecule has 2 atom stereocenters. The van der Waals surface area contributed by atoms with E-state index in [9.17, 15) is 9.36 Å². The smallest absolute Gasteiger partial charge is 0.457 e. The molecule has 36 heavy (non-hydrogen) atoms. The molecule has 2 aromatic heterocycles. The van der Waals surface area contributed by atoms with Crippen molar-refractivity contribution in [3.05, 3.63) is 70.0 Å². The molecule has 0 saturated carbocycles. The van der Waals surface area contributed by atoms with Crippen molar-refractivity contribution in [3.8, 4) is 0 Å². The van der Waals surface area contributed by atoms with Gasteiger partial charge in [-0.25, -0.2) is 14.3 Å². The van der Waals surface area contributed by atoms with Crippen LogP contribution in [0, 0.1) is 12.3 Å². The molecule has 0 amide bonds. The van der Waals surface area contributed by atoms with Crippen molar-refractivity contribution in [1.29, 1.82) is 0 Å². The minimum Gasteiger partial charge on any atom is -0.462 e. The first-order valence-electron chi connectivity index (χ1n) is 11.4. The lowest BCUT2D eigenvalue weighted by molar-refractivity contribution is -0.0304. The summed E-state index contributed by atoms with van der Waals surface area (Å²) in [5.41, 5.74) is 8.48. The quantitative estimate of drug-likeness (QED) is 0.233. The number of ether oxygens (including phenoxy) is 1. The van der Waals surface area contributed by atoms with Gasteiger partial charge in [-0.05, 0) is 31.0 Å². The summed E-state index contributed by atoms with van der Waals surface area (Å²) in [6, 6.07) is 11.2. The molecule has 0 aliphatic carbocycles. The molecule has 1 saturated heterocycles. The Morgan fingerprint density at radius 3 is 2.67 bits per heavy atom. The third-order valence-corrected chi connectivity index (χ3v) is 7.72. The number of nitrogens with zero attached hydrogens (tertiary/aromatic N) is 3. The maximum Gasteiger partial charge on any atom is 0.457 e. The number of carbonyl (C=O) groups is 1. The van der Waals surface area contributed by atoms with E-state index in [0.717, 1.165) is 21.1 Å². The highest BCUT2D eigenvalue weighted by molar-refractivity contribution is 7.52. The number of aryl methyl sites for hydroxylation is 1. The normalized spacial score (nSPS) is 21.2. The second-order valence-electron chi connectivity index (χ2n) is 9.19. The fourth-order valence-electron chi connectivity index (χ4n) is 3.81. The van der Waals surface area contributed by atoms with Gasteiger partial charge in [-0.15, -0.1) is 9.55 Å². The van der Waals surface area contributed by atoms with Crippen LogP contribution in [0.5, 0.6) is 0 Å². The molecule has 1 fully saturated rings. The number of pyridine rings is 1. The Hall–Kier alpha value is -2.91. The van der Waals surface area contributed by atoms with Gasteiger partial charge < -0.3 is 15.8 Å². The van der Waals surface area contributed by atoms with Gasteiger partial charge in [0.05, 0.1) is 13.2 Å². The molecule has 2 unspecified atom stereocenters. The minimum absolute atomic E-state index is 0.0575. The standard InChI is InChI=1S/C24H29ClN5O5P/c1-5-33-23(31)19-21(26)30(29-22(19)28-13-16-8-11-18(25)27-12-16)36(32)34-14-24(3,4)20(35-36)17-9-6-15(2)7-10-17/h6-12,20H,5,13-14,26H2,1-4H3,(H,28,29). The first kappa shape index (κ1) is 26.2. The predicted molar refractivity (Wildman–Crippen MR) is 137 cm³/mol. The number of esters is 1. The van der Waals surface area contributed by atoms with Gasteiger partial charge in [0, 0.05) is 18.2 Å². The first-order valence-corrected chi connectivity index (χ1v) is 13.3. The van der Waals surface area contributed by atoms with E-state index in [4.69, 9.17) is 31.1 Å². The number of nitrogen functional groups attached to an aromatic ring is 1. The first-order chi connectivity index (χ1) is 17.0. The van der Waals surface area contributed by atoms with Crippen LogP contribution in [0.1, 0.15) is 53.9 Å². The third kappa shape index (κ3) is 5.27. The van der Waals surface area contributed by atoms with Crippen molar-refractivity contribution >= 4 is 37.0 Å². The van der Waals surface area contributed by atoms with Gasteiger partial charge in [0.15, 0.2) is 5.82 Å². The van der Waals surface area contributed by atoms with Gasteiger partial charge >= 0.3 is 13.7 Å². The molecule has 3 aromatic rings. The van der Waals surface area contributed by atoms with E-state index in [1.165, 1.54) is 0 Å². The Kier molecular flexibility index (Phi) is 7.43. The van der Waals surface area contributed by atoms with Gasteiger partial charge in [-0.3, -0.25) is 9.05 Å². The number of hydrogen-bond donors (Lipinski definition) is 2. The summed E-state index contributed by atoms with van der Waals surface area (Å²) in [5.74, 6) is -0.812. The number of halogens is 1. The molecule has 3 N–H and O–H groups in total. The molecule has 1 aliphatic heterocycles. The zero-order valence-electron chi connectivity index (χ0n) is 20.5. The van der Waals surface area contributed by atoms with Crippen molar-refractivity contribution in [3.63, 3.8) is 0 Å². The highest BCUT2D eigenvalue weighted by atomic mass is 35.5. The van der Waals surface area contributed by atoms with E-state index in [2.05, 4.69) is 15.4 Å². The van der Waals surface area contributed by atoms with Crippen molar-refractivity contribution in [2.75, 3.05) is 24.3 Å². The van der Waals surface area contributed by atoms with Crippen LogP contribution in [0.15, 0.2) is 42.6 Å². The fraction of sp³-hybridized carbons (Fsp3) is 0.375. The largest absolute Gasteiger partial charge is 0.462 e. The van der Waals surface area contributed by atoms with E-state index in [1.54, 1.807) is 25.3 Å². The molecular weight excluding hydrogens is 505 g/mol. The lowest BCUT2D eigenvalue weighted by Gasteiger charge is -2.41. The van der Waals surface area contributed by atoms with Crippen LogP contribution in [-0.2, 0) is 24.9 Å². The molecule has 0 spiro atoms. The molecule has 192 valence electrons. The lowest BCUT2D eigenvalue weighted by Crippen LogP contribution is -2.34. The second kappa shape index (κ2) is 10.2. The molecule has 1 aliphatic rings. The van der Waals surface area contributed by atoms with Crippen LogP contribution in [0.25, 0.3) is 0 Å². The summed E-state index contributed by atoms with van der Waals surface area (Å²) in [7, 11) is -4.08. The molecule has 12 heteroatoms. The summed E-state index contributed by atoms with van der Waals surface area (Å²) in [5, 5.41) is 7.75. The Morgan fingerprint density at radius 2 is 2.03 bits per heavy atom. The topological polar surface area (TPSA) is 131 Å². The fourth-order valence-corrected chi connectivity index (χ4v) is 5.92. The summed E-state index contributed by atoms with van der Waals surface area (Å²) in [6.45, 7) is 8.08. The van der Waals surface area contributed by atoms with Crippen LogP contribution < -0.4 is 11.1 Å². The maximum absolute atomic E-state index is 14.0. The summed E-state index contributed by atoms with van der Waals surface area (Å²) in [6.07, 6.45) is 1.02. The number of rotatable bonds is 7. The zero-order chi connectivity index (χ0) is 26.1. The Labute approximate surface area is 214 Å². The van der Waals surface area contributed by atoms with E-state index < -0.39 is 25.2 Å². The Bertz CT molecular complexity index is 1290. The van der Waals surface area contributed by atoms with Gasteiger partial charge in [0.25, 0.3) is 0 Å². The molecular formula is C24H29ClN5O5P. The predicted octanol–water partition coefficient (Wildman–Crippen LogP) is 5.38. The van der Waals surface area contributed by atoms with E-state index in [0.29, 0.717) is 5.15 Å². The lowest BCUT2D eigenvalue weighted by atomic mass is 9.83. The number of carbonyl (C=O) groups excluding carboxylic acids is 1. The number of hydrogen-bond acceptors (Lipinski definition) is 9. The second-order valence-corrected chi connectivity index (χ2v) is 11.4. The van der Waals surface area contributed by atoms with Crippen LogP contribution in [0.2, 0.25) is 5.15 Å². The average molecular weight is 534 g/mol. The van der Waals surface area contributed by atoms with Crippen molar-refractivity contribution < 1.29 is 23.1 Å². The molecule has 0 bridgehead atoms. The summed E-state index contributed by atoms with van der Waals surface area (Å²) < 4.78 is 32.0. The monoisotopic (exact) mass is 533 g/mol. The zero-order valence-corrected chi connectivity index (χ0v) is 22.2. The molecule has 0 radical (unpaired) electrons. The van der Waals surface area contributed by atoms with Gasteiger partial charge in [0.2, 0.25) is 0 Å². The van der Waals surface area contributed by atoms with Crippen molar-refractivity contribution in [1.82, 2.24) is 14.5 Å². The highest BCUT2D eigenvalue weighted by Crippen LogP contribution is 2.62. The number of benzene rings is 1. The van der Waals surface area contributed by atoms with Gasteiger partial charge in [-0.2, -0.15) is 0 Å². The summed E-state index contributed by atoms with van der Waals surface area (Å²) in [4.78, 5) is 16.8. The average Bonchev–Trinajstić information content (AvgIpc) is 3.18. The van der Waals surface area contributed by atoms with Gasteiger partial charge in [-0.1, -0.05) is 61.3 Å². The van der Waals surface area contributed by atoms with Crippen molar-refractivity contribution in [2.24, 2.45) is 5.41 Å². The van der Waals surface area contributed by atoms with E-state index >= 15 is 0 Å². The maximum atomic E-state index is 14.0. The Balaban J connectivity index is 1.70. The SMILES string of the molecule is CCOC(=O)c1c(NCc2ccc(Cl)nc2)nn(P2(=O)OCC(C)(C)C(c3ccc(C)cc3)O2)c1N. The number of aromatic nitrogens is 3. The van der Waals surface area contributed by atoms with Crippen LogP contribution in [0.3, 0.4) is 0 Å². The summed E-state index contributed by atoms with van der Waals surface area (Å²) >= 11 is 5.86. The highest BCUT2D eigenvalue weighted by Gasteiger charge is 2.48. The van der Waals surface area contributed by atoms with Crippen LogP contribution in [-0.4, -0.2) is 33.7 Å². The molecule has 3 heterocycles. The van der Waals surface area contributed by atoms with Gasteiger partial charge in [0.1, 0.15) is 22.6 Å². The number of nitrogens with one attached hydrogen (secondary N) is 1. The number of nitrogens with two attached hydrogens (primary N) is 1. The van der Waals surface area contributed by atoms with E-state index in [-0.39, 0.29) is 37.0 Å². The van der Waals surface area contributed by atoms with Crippen molar-refractivity contribution in [2.45, 2.75) is 40.3 Å². The minimum atomic E-state index is -4.08. The number of anilines is 2. The molecule has 4 rings (SSSR count).